The molecule has 2 N–H and O–H groups in total. The predicted octanol–water partition coefficient (Wildman–Crippen LogP) is 3.67. The Kier molecular flexibility index (Phi) is 6.24. The second kappa shape index (κ2) is 8.60. The highest BCUT2D eigenvalue weighted by Crippen LogP contribution is 2.23. The van der Waals surface area contributed by atoms with Crippen LogP contribution < -0.4 is 10.1 Å². The number of aliphatic hydroxyl groups excluding tert-OH is 1. The van der Waals surface area contributed by atoms with Crippen molar-refractivity contribution in [3.63, 3.8) is 0 Å². The average Bonchev–Trinajstić information content (AvgIpc) is 3.02. The summed E-state index contributed by atoms with van der Waals surface area (Å²) in [6.07, 6.45) is 4.16. The Morgan fingerprint density at radius 1 is 1.29 bits per heavy atom. The molecule has 24 heavy (non-hydrogen) atoms. The zero-order chi connectivity index (χ0) is 16.8. The summed E-state index contributed by atoms with van der Waals surface area (Å²) >= 11 is 1.64. The van der Waals surface area contributed by atoms with Crippen LogP contribution in [0.2, 0.25) is 0 Å². The van der Waals surface area contributed by atoms with Crippen LogP contribution in [0.3, 0.4) is 0 Å². The van der Waals surface area contributed by atoms with Crippen LogP contribution in [-0.2, 0) is 13.2 Å². The third-order valence-corrected chi connectivity index (χ3v) is 5.35. The molecule has 1 heterocycles. The highest BCUT2D eigenvalue weighted by atomic mass is 32.1. The van der Waals surface area contributed by atoms with Crippen molar-refractivity contribution in [3.05, 3.63) is 45.9 Å². The molecule has 1 aliphatic rings. The van der Waals surface area contributed by atoms with E-state index < -0.39 is 0 Å². The van der Waals surface area contributed by atoms with Gasteiger partial charge in [-0.15, -0.1) is 11.3 Å². The summed E-state index contributed by atoms with van der Waals surface area (Å²) < 4.78 is 5.77. The van der Waals surface area contributed by atoms with E-state index in [1.165, 1.54) is 12.0 Å². The minimum absolute atomic E-state index is 0.102. The highest BCUT2D eigenvalue weighted by Gasteiger charge is 2.19. The van der Waals surface area contributed by atoms with Crippen LogP contribution >= 0.6 is 11.3 Å². The Bertz CT molecular complexity index is 627. The molecule has 2 atom stereocenters. The van der Waals surface area contributed by atoms with Crippen molar-refractivity contribution in [1.82, 2.24) is 10.3 Å². The number of aryl methyl sites for hydroxylation is 1. The van der Waals surface area contributed by atoms with Gasteiger partial charge in [0.1, 0.15) is 17.4 Å². The Labute approximate surface area is 147 Å². The van der Waals surface area contributed by atoms with E-state index in [0.29, 0.717) is 12.5 Å². The van der Waals surface area contributed by atoms with Gasteiger partial charge in [0.15, 0.2) is 0 Å². The molecule has 0 aliphatic heterocycles. The van der Waals surface area contributed by atoms with Crippen LogP contribution in [0, 0.1) is 12.8 Å². The van der Waals surface area contributed by atoms with Crippen LogP contribution in [0.25, 0.3) is 0 Å². The third-order valence-electron chi connectivity index (χ3n) is 4.48. The van der Waals surface area contributed by atoms with Gasteiger partial charge < -0.3 is 15.2 Å². The van der Waals surface area contributed by atoms with Gasteiger partial charge in [-0.25, -0.2) is 4.98 Å². The molecular formula is C19H26N2O2S. The largest absolute Gasteiger partial charge is 0.486 e. The number of benzene rings is 1. The second-order valence-electron chi connectivity index (χ2n) is 6.65. The lowest BCUT2D eigenvalue weighted by atomic mass is 9.87. The molecule has 1 saturated carbocycles. The Morgan fingerprint density at radius 3 is 2.92 bits per heavy atom. The summed E-state index contributed by atoms with van der Waals surface area (Å²) in [4.78, 5) is 4.62. The minimum atomic E-state index is -0.102. The molecule has 2 aromatic rings. The van der Waals surface area contributed by atoms with Gasteiger partial charge in [0, 0.05) is 11.9 Å². The number of ether oxygens (including phenoxy) is 1. The van der Waals surface area contributed by atoms with Gasteiger partial charge in [0.2, 0.25) is 0 Å². The zero-order valence-corrected chi connectivity index (χ0v) is 15.0. The Hall–Kier alpha value is -1.43. The van der Waals surface area contributed by atoms with E-state index in [0.717, 1.165) is 48.8 Å². The summed E-state index contributed by atoms with van der Waals surface area (Å²) in [5.74, 6) is 1.48. The molecule has 3 rings (SSSR count). The molecule has 4 nitrogen and oxygen atoms in total. The Morgan fingerprint density at radius 2 is 2.12 bits per heavy atom. The van der Waals surface area contributed by atoms with E-state index in [2.05, 4.69) is 34.7 Å². The topological polar surface area (TPSA) is 54.4 Å². The monoisotopic (exact) mass is 346 g/mol. The lowest BCUT2D eigenvalue weighted by molar-refractivity contribution is 0.101. The lowest BCUT2D eigenvalue weighted by Gasteiger charge is -2.25. The molecule has 1 fully saturated rings. The van der Waals surface area contributed by atoms with Crippen LogP contribution in [0.5, 0.6) is 5.75 Å². The lowest BCUT2D eigenvalue weighted by Crippen LogP contribution is -2.29. The first-order chi connectivity index (χ1) is 11.7. The number of aliphatic hydroxyl groups is 1. The Balaban J connectivity index is 1.39. The van der Waals surface area contributed by atoms with Gasteiger partial charge in [-0.1, -0.05) is 24.1 Å². The molecule has 130 valence electrons. The molecule has 0 radical (unpaired) electrons. The molecule has 1 aromatic heterocycles. The zero-order valence-electron chi connectivity index (χ0n) is 14.2. The number of rotatable bonds is 7. The van der Waals surface area contributed by atoms with Crippen LogP contribution in [0.15, 0.2) is 29.6 Å². The molecule has 1 aromatic carbocycles. The maximum atomic E-state index is 9.72. The van der Waals surface area contributed by atoms with Gasteiger partial charge in [0.05, 0.1) is 11.8 Å². The fraction of sp³-hybridized carbons (Fsp3) is 0.526. The van der Waals surface area contributed by atoms with E-state index in [-0.39, 0.29) is 6.10 Å². The molecule has 0 saturated heterocycles. The third kappa shape index (κ3) is 5.30. The second-order valence-corrected chi connectivity index (χ2v) is 7.59. The predicted molar refractivity (Wildman–Crippen MR) is 97.3 cm³/mol. The van der Waals surface area contributed by atoms with Crippen molar-refractivity contribution in [3.8, 4) is 5.75 Å². The van der Waals surface area contributed by atoms with Crippen molar-refractivity contribution in [1.29, 1.82) is 0 Å². The number of thiazole rings is 1. The summed E-state index contributed by atoms with van der Waals surface area (Å²) in [6, 6.07) is 8.08. The molecule has 5 heteroatoms. The van der Waals surface area contributed by atoms with Crippen molar-refractivity contribution in [2.75, 3.05) is 6.54 Å². The smallest absolute Gasteiger partial charge is 0.140 e. The number of aromatic nitrogens is 1. The maximum absolute atomic E-state index is 9.72. The maximum Gasteiger partial charge on any atom is 0.140 e. The molecule has 0 bridgehead atoms. The molecule has 0 spiro atoms. The number of hydrogen-bond acceptors (Lipinski definition) is 5. The van der Waals surface area contributed by atoms with Gasteiger partial charge in [-0.3, -0.25) is 0 Å². The first kappa shape index (κ1) is 17.4. The molecule has 0 amide bonds. The summed E-state index contributed by atoms with van der Waals surface area (Å²) in [7, 11) is 0. The van der Waals surface area contributed by atoms with E-state index in [1.807, 2.05) is 12.1 Å². The van der Waals surface area contributed by atoms with Crippen molar-refractivity contribution >= 4 is 11.3 Å². The normalized spacial score (nSPS) is 20.9. The highest BCUT2D eigenvalue weighted by molar-refractivity contribution is 7.09. The first-order valence-corrected chi connectivity index (χ1v) is 9.58. The standard InChI is InChI=1S/C19H26N2O2S/c1-14-5-7-18(8-6-14)23-12-19-21-16(13-24-19)11-20-10-15-3-2-4-17(22)9-15/h5-8,13,15,17,20,22H,2-4,9-12H2,1H3. The number of nitrogens with zero attached hydrogens (tertiary/aromatic N) is 1. The van der Waals surface area contributed by atoms with Gasteiger partial charge in [0.25, 0.3) is 0 Å². The van der Waals surface area contributed by atoms with Crippen molar-refractivity contribution < 1.29 is 9.84 Å². The fourth-order valence-electron chi connectivity index (χ4n) is 3.13. The SMILES string of the molecule is Cc1ccc(OCc2nc(CNCC3CCCC(O)C3)cs2)cc1. The van der Waals surface area contributed by atoms with E-state index in [4.69, 9.17) is 4.74 Å². The number of hydrogen-bond donors (Lipinski definition) is 2. The van der Waals surface area contributed by atoms with E-state index in [1.54, 1.807) is 11.3 Å². The van der Waals surface area contributed by atoms with Crippen molar-refractivity contribution in [2.24, 2.45) is 5.92 Å². The number of nitrogens with one attached hydrogen (secondary N) is 1. The van der Waals surface area contributed by atoms with Gasteiger partial charge in [-0.2, -0.15) is 0 Å². The minimum Gasteiger partial charge on any atom is -0.486 e. The quantitative estimate of drug-likeness (QED) is 0.803. The van der Waals surface area contributed by atoms with Crippen LogP contribution in [0.4, 0.5) is 0 Å². The summed E-state index contributed by atoms with van der Waals surface area (Å²) in [5, 5.41) is 16.3. The first-order valence-electron chi connectivity index (χ1n) is 8.70. The van der Waals surface area contributed by atoms with E-state index >= 15 is 0 Å². The molecule has 2 unspecified atom stereocenters. The summed E-state index contributed by atoms with van der Waals surface area (Å²) in [6.45, 7) is 4.33. The fourth-order valence-corrected chi connectivity index (χ4v) is 3.83. The molecular weight excluding hydrogens is 320 g/mol. The molecule has 1 aliphatic carbocycles. The van der Waals surface area contributed by atoms with Crippen LogP contribution in [-0.4, -0.2) is 22.7 Å². The van der Waals surface area contributed by atoms with Gasteiger partial charge >= 0.3 is 0 Å². The van der Waals surface area contributed by atoms with Gasteiger partial charge in [-0.05, 0) is 50.8 Å². The summed E-state index contributed by atoms with van der Waals surface area (Å²) in [5.41, 5.74) is 2.30. The average molecular weight is 346 g/mol. The van der Waals surface area contributed by atoms with Crippen molar-refractivity contribution in [2.45, 2.75) is 51.9 Å². The van der Waals surface area contributed by atoms with Crippen LogP contribution in [0.1, 0.15) is 41.9 Å². The van der Waals surface area contributed by atoms with E-state index in [9.17, 15) is 5.11 Å².